The number of anilines is 1. The molecule has 0 unspecified atom stereocenters. The van der Waals surface area contributed by atoms with E-state index in [0.717, 1.165) is 42.6 Å². The summed E-state index contributed by atoms with van der Waals surface area (Å²) in [4.78, 5) is 26.6. The number of fused-ring (bicyclic) bond motifs is 1. The molecule has 1 amide bonds. The minimum absolute atomic E-state index is 0.0999. The maximum atomic E-state index is 12.6. The Morgan fingerprint density at radius 3 is 2.64 bits per heavy atom. The second-order valence-electron chi connectivity index (χ2n) is 5.87. The van der Waals surface area contributed by atoms with Gasteiger partial charge in [-0.15, -0.1) is 0 Å². The van der Waals surface area contributed by atoms with Crippen LogP contribution < -0.4 is 10.2 Å². The number of nitrogens with zero attached hydrogens (tertiary/aromatic N) is 1. The van der Waals surface area contributed by atoms with Crippen molar-refractivity contribution < 1.29 is 9.59 Å². The number of benzene rings is 1. The van der Waals surface area contributed by atoms with Gasteiger partial charge in [0.1, 0.15) is 0 Å². The van der Waals surface area contributed by atoms with Gasteiger partial charge in [-0.3, -0.25) is 9.59 Å². The van der Waals surface area contributed by atoms with Crippen molar-refractivity contribution in [3.63, 3.8) is 0 Å². The van der Waals surface area contributed by atoms with E-state index in [1.165, 1.54) is 0 Å². The standard InChI is InChI=1S/C18H26N2O2/c1-4-13(5-2)18(22)20-11-9-14-12-15(6-7-16(14)20)17(21)8-10-19-3/h6-7,12-13,19H,4-5,8-11H2,1-3H3. The second-order valence-corrected chi connectivity index (χ2v) is 5.87. The lowest BCUT2D eigenvalue weighted by Gasteiger charge is -2.22. The number of carbonyl (C=O) groups excluding carboxylic acids is 2. The van der Waals surface area contributed by atoms with Gasteiger partial charge in [-0.1, -0.05) is 13.8 Å². The monoisotopic (exact) mass is 302 g/mol. The minimum atomic E-state index is 0.0999. The van der Waals surface area contributed by atoms with E-state index in [2.05, 4.69) is 19.2 Å². The first-order valence-electron chi connectivity index (χ1n) is 8.24. The molecule has 0 spiro atoms. The van der Waals surface area contributed by atoms with E-state index >= 15 is 0 Å². The molecule has 1 aliphatic heterocycles. The zero-order valence-electron chi connectivity index (χ0n) is 13.8. The molecule has 0 atom stereocenters. The first-order valence-corrected chi connectivity index (χ1v) is 8.24. The van der Waals surface area contributed by atoms with Gasteiger partial charge in [-0.2, -0.15) is 0 Å². The molecule has 0 fully saturated rings. The Balaban J connectivity index is 2.16. The van der Waals surface area contributed by atoms with Gasteiger partial charge in [0.15, 0.2) is 5.78 Å². The van der Waals surface area contributed by atoms with Crippen LogP contribution in [0.15, 0.2) is 18.2 Å². The van der Waals surface area contributed by atoms with Crippen LogP contribution in [0.25, 0.3) is 0 Å². The van der Waals surface area contributed by atoms with Crippen molar-refractivity contribution in [2.75, 3.05) is 25.0 Å². The van der Waals surface area contributed by atoms with Crippen molar-refractivity contribution in [3.05, 3.63) is 29.3 Å². The van der Waals surface area contributed by atoms with E-state index in [4.69, 9.17) is 0 Å². The number of carbonyl (C=O) groups is 2. The average Bonchev–Trinajstić information content (AvgIpc) is 2.96. The smallest absolute Gasteiger partial charge is 0.230 e. The molecule has 22 heavy (non-hydrogen) atoms. The van der Waals surface area contributed by atoms with Gasteiger partial charge < -0.3 is 10.2 Å². The zero-order valence-corrected chi connectivity index (χ0v) is 13.8. The van der Waals surface area contributed by atoms with Crippen LogP contribution in [0.4, 0.5) is 5.69 Å². The first kappa shape index (κ1) is 16.7. The fourth-order valence-electron chi connectivity index (χ4n) is 3.05. The Labute approximate surface area is 132 Å². The van der Waals surface area contributed by atoms with Gasteiger partial charge in [0.2, 0.25) is 5.91 Å². The van der Waals surface area contributed by atoms with Crippen molar-refractivity contribution in [1.82, 2.24) is 5.32 Å². The summed E-state index contributed by atoms with van der Waals surface area (Å²) in [5.41, 5.74) is 2.86. The quantitative estimate of drug-likeness (QED) is 0.788. The van der Waals surface area contributed by atoms with Crippen LogP contribution in [0.2, 0.25) is 0 Å². The van der Waals surface area contributed by atoms with Crippen LogP contribution in [-0.4, -0.2) is 31.8 Å². The predicted molar refractivity (Wildman–Crippen MR) is 89.4 cm³/mol. The molecule has 4 heteroatoms. The Morgan fingerprint density at radius 1 is 1.27 bits per heavy atom. The number of amides is 1. The average molecular weight is 302 g/mol. The first-order chi connectivity index (χ1) is 10.6. The summed E-state index contributed by atoms with van der Waals surface area (Å²) in [5, 5.41) is 2.99. The highest BCUT2D eigenvalue weighted by molar-refractivity contribution is 6.00. The second kappa shape index (κ2) is 7.54. The summed E-state index contributed by atoms with van der Waals surface area (Å²) in [6.07, 6.45) is 3.10. The molecule has 1 aromatic carbocycles. The molecular weight excluding hydrogens is 276 g/mol. The third kappa shape index (κ3) is 3.38. The molecule has 0 saturated carbocycles. The van der Waals surface area contributed by atoms with Gasteiger partial charge in [0.25, 0.3) is 0 Å². The Hall–Kier alpha value is -1.68. The maximum absolute atomic E-state index is 12.6. The van der Waals surface area contributed by atoms with Gasteiger partial charge in [-0.05, 0) is 50.1 Å². The Kier molecular flexibility index (Phi) is 5.72. The van der Waals surface area contributed by atoms with Gasteiger partial charge in [0, 0.05) is 36.7 Å². The number of hydrogen-bond acceptors (Lipinski definition) is 3. The van der Waals surface area contributed by atoms with Gasteiger partial charge >= 0.3 is 0 Å². The summed E-state index contributed by atoms with van der Waals surface area (Å²) in [5.74, 6) is 0.475. The fraction of sp³-hybridized carbons (Fsp3) is 0.556. The lowest BCUT2D eigenvalue weighted by Crippen LogP contribution is -2.34. The lowest BCUT2D eigenvalue weighted by atomic mass is 10.0. The normalized spacial score (nSPS) is 13.5. The van der Waals surface area contributed by atoms with Crippen LogP contribution >= 0.6 is 0 Å². The summed E-state index contributed by atoms with van der Waals surface area (Å²) in [7, 11) is 1.84. The van der Waals surface area contributed by atoms with Crippen molar-refractivity contribution in [2.45, 2.75) is 39.5 Å². The molecule has 2 rings (SSSR count). The highest BCUT2D eigenvalue weighted by Gasteiger charge is 2.28. The highest BCUT2D eigenvalue weighted by Crippen LogP contribution is 2.31. The molecule has 0 radical (unpaired) electrons. The topological polar surface area (TPSA) is 49.4 Å². The zero-order chi connectivity index (χ0) is 16.1. The van der Waals surface area contributed by atoms with Crippen molar-refractivity contribution in [1.29, 1.82) is 0 Å². The predicted octanol–water partition coefficient (Wildman–Crippen LogP) is 2.80. The van der Waals surface area contributed by atoms with Gasteiger partial charge in [-0.25, -0.2) is 0 Å². The maximum Gasteiger partial charge on any atom is 0.230 e. The molecule has 120 valence electrons. The van der Waals surface area contributed by atoms with E-state index in [0.29, 0.717) is 13.0 Å². The summed E-state index contributed by atoms with van der Waals surface area (Å²) < 4.78 is 0. The van der Waals surface area contributed by atoms with Crippen LogP contribution in [0.1, 0.15) is 49.0 Å². The molecule has 4 nitrogen and oxygen atoms in total. The Bertz CT molecular complexity index is 550. The summed E-state index contributed by atoms with van der Waals surface area (Å²) in [6, 6.07) is 5.76. The molecule has 0 aliphatic carbocycles. The molecule has 1 heterocycles. The number of nitrogens with one attached hydrogen (secondary N) is 1. The van der Waals surface area contributed by atoms with Crippen molar-refractivity contribution in [3.8, 4) is 0 Å². The van der Waals surface area contributed by atoms with Crippen molar-refractivity contribution >= 4 is 17.4 Å². The van der Waals surface area contributed by atoms with Crippen molar-refractivity contribution in [2.24, 2.45) is 5.92 Å². The fourth-order valence-corrected chi connectivity index (χ4v) is 3.05. The third-order valence-corrected chi connectivity index (χ3v) is 4.50. The Morgan fingerprint density at radius 2 is 2.00 bits per heavy atom. The van der Waals surface area contributed by atoms with E-state index in [1.54, 1.807) is 0 Å². The lowest BCUT2D eigenvalue weighted by molar-refractivity contribution is -0.122. The molecular formula is C18H26N2O2. The highest BCUT2D eigenvalue weighted by atomic mass is 16.2. The van der Waals surface area contributed by atoms with E-state index < -0.39 is 0 Å². The number of hydrogen-bond donors (Lipinski definition) is 1. The van der Waals surface area contributed by atoms with Gasteiger partial charge in [0.05, 0.1) is 0 Å². The molecule has 0 saturated heterocycles. The molecule has 1 aliphatic rings. The number of rotatable bonds is 7. The number of Topliss-reactive ketones (excluding diaryl/α,β-unsaturated/α-hetero) is 1. The molecule has 1 aromatic rings. The molecule has 0 aromatic heterocycles. The van der Waals surface area contributed by atoms with E-state index in [9.17, 15) is 9.59 Å². The van der Waals surface area contributed by atoms with Crippen LogP contribution in [-0.2, 0) is 11.2 Å². The van der Waals surface area contributed by atoms with Crippen LogP contribution in [0.5, 0.6) is 0 Å². The summed E-state index contributed by atoms with van der Waals surface area (Å²) >= 11 is 0. The SMILES string of the molecule is CCC(CC)C(=O)N1CCc2cc(C(=O)CCNC)ccc21. The number of ketones is 1. The largest absolute Gasteiger partial charge is 0.319 e. The molecule has 0 bridgehead atoms. The minimum Gasteiger partial charge on any atom is -0.319 e. The van der Waals surface area contributed by atoms with Crippen LogP contribution in [0.3, 0.4) is 0 Å². The third-order valence-electron chi connectivity index (χ3n) is 4.50. The summed E-state index contributed by atoms with van der Waals surface area (Å²) in [6.45, 7) is 5.55. The molecule has 1 N–H and O–H groups in total. The van der Waals surface area contributed by atoms with Crippen LogP contribution in [0, 0.1) is 5.92 Å². The van der Waals surface area contributed by atoms with E-state index in [1.807, 2.05) is 30.1 Å². The van der Waals surface area contributed by atoms with E-state index in [-0.39, 0.29) is 17.6 Å².